The first kappa shape index (κ1) is 22.7. The molecule has 3 heterocycles. The molecular weight excluding hydrogens is 398 g/mol. The molecule has 6 heteroatoms. The third-order valence-corrected chi connectivity index (χ3v) is 6.93. The highest BCUT2D eigenvalue weighted by Gasteiger charge is 2.37. The number of rotatable bonds is 5. The lowest BCUT2D eigenvalue weighted by molar-refractivity contribution is 0.150. The van der Waals surface area contributed by atoms with E-state index in [1.54, 1.807) is 4.57 Å². The predicted molar refractivity (Wildman–Crippen MR) is 130 cm³/mol. The predicted octanol–water partition coefficient (Wildman–Crippen LogP) is 4.63. The van der Waals surface area contributed by atoms with Crippen LogP contribution in [-0.2, 0) is 20.1 Å². The van der Waals surface area contributed by atoms with Gasteiger partial charge in [0, 0.05) is 50.2 Å². The van der Waals surface area contributed by atoms with Gasteiger partial charge in [0.1, 0.15) is 0 Å². The van der Waals surface area contributed by atoms with Gasteiger partial charge in [-0.3, -0.25) is 14.1 Å². The summed E-state index contributed by atoms with van der Waals surface area (Å²) in [4.78, 5) is 22.1. The molecule has 1 aliphatic rings. The molecule has 6 nitrogen and oxygen atoms in total. The Labute approximate surface area is 191 Å². The van der Waals surface area contributed by atoms with Crippen LogP contribution in [0, 0.1) is 10.8 Å². The number of nitrogens with one attached hydrogen (secondary N) is 1. The Morgan fingerprint density at radius 1 is 1.22 bits per heavy atom. The zero-order chi connectivity index (χ0) is 23.1. The highest BCUT2D eigenvalue weighted by molar-refractivity contribution is 5.72. The van der Waals surface area contributed by atoms with Crippen molar-refractivity contribution in [1.82, 2.24) is 24.4 Å². The molecule has 0 aromatic carbocycles. The molecule has 172 valence electrons. The average Bonchev–Trinajstić information content (AvgIpc) is 2.97. The molecule has 1 fully saturated rings. The number of hydrogen-bond donors (Lipinski definition) is 1. The second-order valence-electron chi connectivity index (χ2n) is 11.3. The van der Waals surface area contributed by atoms with Crippen LogP contribution in [0.1, 0.15) is 71.1 Å². The molecule has 0 amide bonds. The SMILES string of the molecule is Cn1c(=O)n(CC(C)(C)C)c2ccc(C3CCC(C)(C)C(NCc4cccnc4)C3)nc21. The van der Waals surface area contributed by atoms with E-state index in [0.717, 1.165) is 42.7 Å². The van der Waals surface area contributed by atoms with E-state index in [1.807, 2.05) is 30.1 Å². The Kier molecular flexibility index (Phi) is 6.01. The van der Waals surface area contributed by atoms with E-state index in [2.05, 4.69) is 63.1 Å². The minimum absolute atomic E-state index is 0.0142. The quantitative estimate of drug-likeness (QED) is 0.635. The van der Waals surface area contributed by atoms with Crippen LogP contribution in [0.3, 0.4) is 0 Å². The highest BCUT2D eigenvalue weighted by Crippen LogP contribution is 2.42. The molecule has 2 unspecified atom stereocenters. The second-order valence-corrected chi connectivity index (χ2v) is 11.3. The lowest BCUT2D eigenvalue weighted by atomic mass is 9.68. The number of hydrogen-bond acceptors (Lipinski definition) is 4. The zero-order valence-electron chi connectivity index (χ0n) is 20.4. The Bertz CT molecular complexity index is 1140. The van der Waals surface area contributed by atoms with Crippen molar-refractivity contribution in [2.45, 2.75) is 78.9 Å². The highest BCUT2D eigenvalue weighted by atomic mass is 16.1. The van der Waals surface area contributed by atoms with Crippen LogP contribution in [0.4, 0.5) is 0 Å². The van der Waals surface area contributed by atoms with Gasteiger partial charge in [0.2, 0.25) is 0 Å². The van der Waals surface area contributed by atoms with Crippen molar-refractivity contribution in [3.8, 4) is 0 Å². The topological polar surface area (TPSA) is 64.7 Å². The van der Waals surface area contributed by atoms with Crippen molar-refractivity contribution in [2.75, 3.05) is 0 Å². The van der Waals surface area contributed by atoms with E-state index in [1.165, 1.54) is 5.56 Å². The summed E-state index contributed by atoms with van der Waals surface area (Å²) in [6.07, 6.45) is 7.05. The average molecular weight is 436 g/mol. The van der Waals surface area contributed by atoms with E-state index in [0.29, 0.717) is 18.5 Å². The molecule has 0 spiro atoms. The third kappa shape index (κ3) is 4.65. The van der Waals surface area contributed by atoms with Gasteiger partial charge >= 0.3 is 5.69 Å². The van der Waals surface area contributed by atoms with E-state index in [4.69, 9.17) is 4.98 Å². The summed E-state index contributed by atoms with van der Waals surface area (Å²) in [5.74, 6) is 0.389. The van der Waals surface area contributed by atoms with Crippen molar-refractivity contribution < 1.29 is 0 Å². The maximum absolute atomic E-state index is 12.9. The van der Waals surface area contributed by atoms with Crippen molar-refractivity contribution in [3.05, 3.63) is 58.4 Å². The normalized spacial score (nSPS) is 21.2. The fraction of sp³-hybridized carbons (Fsp3) is 0.577. The smallest absolute Gasteiger partial charge is 0.309 e. The number of nitrogens with zero attached hydrogens (tertiary/aromatic N) is 4. The van der Waals surface area contributed by atoms with Gasteiger partial charge in [0.15, 0.2) is 5.65 Å². The number of imidazole rings is 1. The van der Waals surface area contributed by atoms with Gasteiger partial charge in [0.25, 0.3) is 0 Å². The fourth-order valence-corrected chi connectivity index (χ4v) is 4.96. The van der Waals surface area contributed by atoms with Gasteiger partial charge in [-0.15, -0.1) is 0 Å². The fourth-order valence-electron chi connectivity index (χ4n) is 4.96. The Morgan fingerprint density at radius 2 is 2.00 bits per heavy atom. The monoisotopic (exact) mass is 435 g/mol. The molecule has 0 aliphatic heterocycles. The van der Waals surface area contributed by atoms with E-state index in [9.17, 15) is 4.79 Å². The first-order chi connectivity index (χ1) is 15.0. The van der Waals surface area contributed by atoms with Crippen molar-refractivity contribution >= 4 is 11.2 Å². The van der Waals surface area contributed by atoms with Crippen LogP contribution in [-0.4, -0.2) is 25.1 Å². The Hall–Kier alpha value is -2.47. The first-order valence-corrected chi connectivity index (χ1v) is 11.7. The number of aromatic nitrogens is 4. The number of pyridine rings is 2. The molecule has 2 atom stereocenters. The summed E-state index contributed by atoms with van der Waals surface area (Å²) < 4.78 is 3.57. The van der Waals surface area contributed by atoms with Crippen molar-refractivity contribution in [2.24, 2.45) is 17.9 Å². The largest absolute Gasteiger partial charge is 0.330 e. The lowest BCUT2D eigenvalue weighted by Gasteiger charge is -2.42. The van der Waals surface area contributed by atoms with E-state index in [-0.39, 0.29) is 16.5 Å². The summed E-state index contributed by atoms with van der Waals surface area (Å²) >= 11 is 0. The molecule has 0 saturated heterocycles. The van der Waals surface area contributed by atoms with Crippen LogP contribution >= 0.6 is 0 Å². The van der Waals surface area contributed by atoms with Crippen LogP contribution in [0.15, 0.2) is 41.5 Å². The maximum atomic E-state index is 12.9. The van der Waals surface area contributed by atoms with Gasteiger partial charge in [-0.1, -0.05) is 40.7 Å². The van der Waals surface area contributed by atoms with Crippen molar-refractivity contribution in [3.63, 3.8) is 0 Å². The summed E-state index contributed by atoms with van der Waals surface area (Å²) in [5, 5.41) is 3.79. The molecule has 3 aromatic rings. The number of aryl methyl sites for hydroxylation is 1. The number of fused-ring (bicyclic) bond motifs is 1. The minimum Gasteiger partial charge on any atom is -0.309 e. The molecule has 32 heavy (non-hydrogen) atoms. The van der Waals surface area contributed by atoms with Crippen LogP contribution in [0.5, 0.6) is 0 Å². The maximum Gasteiger partial charge on any atom is 0.330 e. The molecule has 4 rings (SSSR count). The molecule has 0 bridgehead atoms. The molecule has 1 N–H and O–H groups in total. The van der Waals surface area contributed by atoms with E-state index < -0.39 is 0 Å². The van der Waals surface area contributed by atoms with Crippen molar-refractivity contribution in [1.29, 1.82) is 0 Å². The van der Waals surface area contributed by atoms with Gasteiger partial charge in [-0.2, -0.15) is 0 Å². The standard InChI is InChI=1S/C26H37N5O/c1-25(2,3)17-31-21-10-9-20(29-23(21)30(6)24(31)32)19-11-12-26(4,5)22(14-19)28-16-18-8-7-13-27-15-18/h7-10,13,15,19,22,28H,11-12,14,16-17H2,1-6H3. The van der Waals surface area contributed by atoms with E-state index >= 15 is 0 Å². The second kappa shape index (κ2) is 8.47. The summed E-state index contributed by atoms with van der Waals surface area (Å²) in [7, 11) is 1.84. The Morgan fingerprint density at radius 3 is 2.69 bits per heavy atom. The third-order valence-electron chi connectivity index (χ3n) is 6.93. The zero-order valence-corrected chi connectivity index (χ0v) is 20.4. The molecule has 0 radical (unpaired) electrons. The summed E-state index contributed by atoms with van der Waals surface area (Å²) in [5.41, 5.74) is 4.30. The molecule has 1 aliphatic carbocycles. The van der Waals surface area contributed by atoms with Gasteiger partial charge in [-0.05, 0) is 53.9 Å². The first-order valence-electron chi connectivity index (χ1n) is 11.7. The van der Waals surface area contributed by atoms with Gasteiger partial charge in [-0.25, -0.2) is 9.78 Å². The lowest BCUT2D eigenvalue weighted by Crippen LogP contribution is -2.45. The Balaban J connectivity index is 1.58. The minimum atomic E-state index is 0.0142. The van der Waals surface area contributed by atoms with Crippen LogP contribution in [0.25, 0.3) is 11.2 Å². The summed E-state index contributed by atoms with van der Waals surface area (Å²) in [6.45, 7) is 12.7. The molecule has 3 aromatic heterocycles. The van der Waals surface area contributed by atoms with Gasteiger partial charge in [0.05, 0.1) is 5.52 Å². The van der Waals surface area contributed by atoms with Crippen LogP contribution in [0.2, 0.25) is 0 Å². The summed E-state index contributed by atoms with van der Waals surface area (Å²) in [6, 6.07) is 8.74. The molecule has 1 saturated carbocycles. The van der Waals surface area contributed by atoms with Crippen LogP contribution < -0.4 is 11.0 Å². The van der Waals surface area contributed by atoms with Gasteiger partial charge < -0.3 is 5.32 Å². The molecular formula is C26H37N5O.